The number of benzene rings is 6. The molecule has 5 atom stereocenters. The molecule has 4 aliphatic rings. The SMILES string of the molecule is CC(C)(C)O.CC(C)(C)[O-].CC1OCc2c1c1ncnc(N)c1n2-c1ccc(Oc2cccc(C#N)c2)cc1.[C-]#[N+]C1C(=O)COC1C.[C-]#[N+]CN(C1=C([N+]#[C-])C(C)OC1)c1ccc(Oc2cccc(C#N)c2)cc1.[C-]#[N+]c1c(N)c2c(n1-c1ccc(Oc3cccc(C#N)c3)cc1)COC2C.[Na+]. The summed E-state index contributed by atoms with van der Waals surface area (Å²) in [4.78, 5) is 34.9. The average Bonchev–Trinajstić information content (AvgIpc) is 1.59. The summed E-state index contributed by atoms with van der Waals surface area (Å²) >= 11 is 0. The molecule has 518 valence electrons. The largest absolute Gasteiger partial charge is 1.00 e. The number of ether oxygens (including phenoxy) is 7. The Hall–Kier alpha value is -11.4. The fourth-order valence-corrected chi connectivity index (χ4v) is 10.8. The number of aliphatic hydroxyl groups is 1. The van der Waals surface area contributed by atoms with Gasteiger partial charge in [0.1, 0.15) is 82.6 Å². The van der Waals surface area contributed by atoms with Gasteiger partial charge in [-0.05, 0) is 176 Å². The van der Waals surface area contributed by atoms with Crippen molar-refractivity contribution in [2.45, 2.75) is 124 Å². The van der Waals surface area contributed by atoms with Gasteiger partial charge in [-0.25, -0.2) is 28.0 Å². The molecule has 6 aromatic carbocycles. The second-order valence-electron chi connectivity index (χ2n) is 25.3. The molecular weight excluding hydrogens is 1320 g/mol. The van der Waals surface area contributed by atoms with Gasteiger partial charge in [-0.2, -0.15) is 15.8 Å². The minimum Gasteiger partial charge on any atom is -0.850 e. The fraction of sp³-hybridized carbons (Fsp3) is 0.282. The Morgan fingerprint density at radius 1 is 0.612 bits per heavy atom. The van der Waals surface area contributed by atoms with E-state index < -0.39 is 17.2 Å². The summed E-state index contributed by atoms with van der Waals surface area (Å²) in [5, 5.41) is 45.6. The molecule has 13 rings (SSSR count). The Morgan fingerprint density at radius 3 is 1.46 bits per heavy atom. The van der Waals surface area contributed by atoms with Crippen LogP contribution in [-0.2, 0) is 37.0 Å². The summed E-state index contributed by atoms with van der Waals surface area (Å²) in [5.41, 5.74) is 22.6. The van der Waals surface area contributed by atoms with Gasteiger partial charge in [0.05, 0.1) is 95.7 Å². The number of ketones is 1. The number of hydrogen-bond acceptors (Lipinski definition) is 18. The Bertz CT molecular complexity index is 4810. The number of nitriles is 3. The van der Waals surface area contributed by atoms with E-state index in [1.54, 1.807) is 132 Å². The summed E-state index contributed by atoms with van der Waals surface area (Å²) in [7, 11) is 0. The molecule has 7 heterocycles. The molecule has 25 heteroatoms. The van der Waals surface area contributed by atoms with Gasteiger partial charge in [0.15, 0.2) is 5.82 Å². The molecule has 1 saturated heterocycles. The number of hydrogen-bond donors (Lipinski definition) is 3. The van der Waals surface area contributed by atoms with Crippen LogP contribution in [0.4, 0.5) is 23.0 Å². The smallest absolute Gasteiger partial charge is 0.850 e. The molecular formula is C78H75N14NaO10. The maximum absolute atomic E-state index is 10.7. The molecule has 24 nitrogen and oxygen atoms in total. The monoisotopic (exact) mass is 1390 g/mol. The van der Waals surface area contributed by atoms with Crippen LogP contribution in [0, 0.1) is 60.3 Å². The normalized spacial score (nSPS) is 16.5. The van der Waals surface area contributed by atoms with Crippen molar-refractivity contribution in [1.82, 2.24) is 19.1 Å². The molecule has 0 spiro atoms. The first-order valence-electron chi connectivity index (χ1n) is 32.1. The molecule has 0 amide bonds. The minimum absolute atomic E-state index is 0. The predicted molar refractivity (Wildman–Crippen MR) is 382 cm³/mol. The van der Waals surface area contributed by atoms with Crippen molar-refractivity contribution in [3.63, 3.8) is 0 Å². The number of nitrogens with two attached hydrogens (primary N) is 2. The Labute approximate surface area is 621 Å². The number of nitrogen functional groups attached to an aromatic ring is 2. The van der Waals surface area contributed by atoms with Crippen molar-refractivity contribution < 1.29 is 77.7 Å². The van der Waals surface area contributed by atoms with E-state index >= 15 is 0 Å². The number of rotatable bonds is 11. The third kappa shape index (κ3) is 20.7. The van der Waals surface area contributed by atoms with Gasteiger partial charge < -0.3 is 69.1 Å². The number of aromatic nitrogens is 4. The van der Waals surface area contributed by atoms with Gasteiger partial charge in [0, 0.05) is 22.5 Å². The summed E-state index contributed by atoms with van der Waals surface area (Å²) in [6, 6.07) is 49.0. The van der Waals surface area contributed by atoms with Gasteiger partial charge in [0.2, 0.25) is 11.5 Å². The number of Topliss-reactive ketones (excluding diaryl/α,β-unsaturated/α-hetero) is 1. The van der Waals surface area contributed by atoms with E-state index in [9.17, 15) is 9.90 Å². The van der Waals surface area contributed by atoms with Crippen molar-refractivity contribution in [3.8, 4) is 64.1 Å². The zero-order valence-electron chi connectivity index (χ0n) is 59.0. The Kier molecular flexibility index (Phi) is 27.4. The van der Waals surface area contributed by atoms with E-state index in [-0.39, 0.29) is 73.0 Å². The van der Waals surface area contributed by atoms with E-state index in [1.165, 1.54) is 6.33 Å². The van der Waals surface area contributed by atoms with Crippen LogP contribution in [0.5, 0.6) is 34.5 Å². The second kappa shape index (κ2) is 35.8. The first-order chi connectivity index (χ1) is 48.7. The third-order valence-electron chi connectivity index (χ3n) is 15.2. The Balaban J connectivity index is 0.000000191. The molecule has 3 aromatic heterocycles. The van der Waals surface area contributed by atoms with Crippen molar-refractivity contribution in [2.75, 3.05) is 36.2 Å². The van der Waals surface area contributed by atoms with Crippen molar-refractivity contribution in [3.05, 3.63) is 248 Å². The van der Waals surface area contributed by atoms with Crippen LogP contribution in [0.15, 0.2) is 163 Å². The quantitative estimate of drug-likeness (QED) is 0.0800. The predicted octanol–water partition coefficient (Wildman–Crippen LogP) is 11.9. The van der Waals surface area contributed by atoms with Crippen LogP contribution in [0.1, 0.15) is 121 Å². The van der Waals surface area contributed by atoms with Crippen molar-refractivity contribution in [1.29, 1.82) is 15.8 Å². The van der Waals surface area contributed by atoms with Gasteiger partial charge in [-0.3, -0.25) is 19.1 Å². The van der Waals surface area contributed by atoms with Crippen LogP contribution >= 0.6 is 0 Å². The summed E-state index contributed by atoms with van der Waals surface area (Å²) in [5.74, 6) is 4.47. The first kappa shape index (κ1) is 79.0. The number of nitrogens with zero attached hydrogens (tertiary/aromatic N) is 12. The van der Waals surface area contributed by atoms with Gasteiger partial charge in [0.25, 0.3) is 12.5 Å². The molecule has 0 aliphatic carbocycles. The molecule has 9 aromatic rings. The van der Waals surface area contributed by atoms with Crippen LogP contribution in [0.2, 0.25) is 0 Å². The zero-order valence-corrected chi connectivity index (χ0v) is 61.0. The van der Waals surface area contributed by atoms with E-state index in [0.717, 1.165) is 56.3 Å². The van der Waals surface area contributed by atoms with E-state index in [4.69, 9.17) is 91.8 Å². The van der Waals surface area contributed by atoms with Crippen molar-refractivity contribution >= 4 is 39.8 Å². The summed E-state index contributed by atoms with van der Waals surface area (Å²) < 4.78 is 43.3. The van der Waals surface area contributed by atoms with Gasteiger partial charge >= 0.3 is 35.6 Å². The maximum Gasteiger partial charge on any atom is 1.00 e. The maximum atomic E-state index is 10.7. The van der Waals surface area contributed by atoms with Crippen LogP contribution < -0.4 is 65.2 Å². The minimum atomic E-state index is -0.750. The number of carbonyl (C=O) groups is 1. The average molecular weight is 1390 g/mol. The van der Waals surface area contributed by atoms with Crippen molar-refractivity contribution in [2.24, 2.45) is 0 Å². The molecule has 4 aliphatic heterocycles. The molecule has 5 unspecified atom stereocenters. The van der Waals surface area contributed by atoms with Crippen LogP contribution in [-0.4, -0.2) is 79.3 Å². The molecule has 1 fully saturated rings. The summed E-state index contributed by atoms with van der Waals surface area (Å²) in [6.45, 7) is 47.8. The van der Waals surface area contributed by atoms with E-state index in [0.29, 0.717) is 94.0 Å². The van der Waals surface area contributed by atoms with E-state index in [2.05, 4.69) is 52.1 Å². The van der Waals surface area contributed by atoms with Crippen LogP contribution in [0.3, 0.4) is 0 Å². The third-order valence-corrected chi connectivity index (χ3v) is 15.2. The molecule has 0 saturated carbocycles. The van der Waals surface area contributed by atoms with Gasteiger partial charge in [-0.15, -0.1) is 5.60 Å². The topological polar surface area (TPSA) is 305 Å². The fourth-order valence-electron chi connectivity index (χ4n) is 10.8. The standard InChI is InChI=1S/C22H17N5O2.2C21H16N4O2.C6H7NO2.C4H10O.C4H9O.Na/c1-13-19-18(11-28-13)27(21-20(19)25-12-26-22(21)24)15-5-7-16(8-6-15)29-17-4-2-3-14(9-17)10-23;1-13-19-18(12-26-13)25(21(24-2)20(19)23)15-6-8-16(9-7-15)27-17-5-3-4-14(10-17)11-22;1-15-21(24-3)20(13-26-15)25(14-23-2)17-7-9-18(10-8-17)27-19-6-4-5-16(11-19)12-22;1-4-6(7-2)5(8)3-9-4;2*1-4(2,3)5;/h2-9,12-13H,11H2,1H3,(H2,24,25,26);3-10,13H,12,23H2,1H3;4-11,15H,13-14H2,1H3;4,6H,3H2,1H3;5H,1-3H3;1-3H3;/q;;;;;-1;+1. The Morgan fingerprint density at radius 2 is 1.05 bits per heavy atom. The first-order valence-corrected chi connectivity index (χ1v) is 32.1. The second-order valence-corrected chi connectivity index (χ2v) is 25.3. The van der Waals surface area contributed by atoms with Crippen LogP contribution in [0.25, 0.3) is 41.8 Å². The zero-order chi connectivity index (χ0) is 74.0. The number of carbonyl (C=O) groups excluding carboxylic acids is 1. The molecule has 0 bridgehead atoms. The number of fused-ring (bicyclic) bond motifs is 4. The van der Waals surface area contributed by atoms with E-state index in [1.807, 2.05) is 92.1 Å². The molecule has 0 radical (unpaired) electrons. The number of anilines is 3. The van der Waals surface area contributed by atoms with Gasteiger partial charge in [-0.1, -0.05) is 45.5 Å². The molecule has 5 N–H and O–H groups in total. The molecule has 103 heavy (non-hydrogen) atoms. The summed E-state index contributed by atoms with van der Waals surface area (Å²) in [6.07, 6.45) is 0.866.